The third-order valence-corrected chi connectivity index (χ3v) is 2.96. The summed E-state index contributed by atoms with van der Waals surface area (Å²) in [6.07, 6.45) is 0. The van der Waals surface area contributed by atoms with Gasteiger partial charge in [-0.2, -0.15) is 0 Å². The molecular formula is C10H18O3S. The molecule has 0 aliphatic carbocycles. The maximum Gasteiger partial charge on any atom is 0.318 e. The Bertz CT molecular complexity index is 218. The molecule has 0 aliphatic rings. The van der Waals surface area contributed by atoms with Gasteiger partial charge in [0.25, 0.3) is 0 Å². The zero-order valence-electron chi connectivity index (χ0n) is 9.42. The third-order valence-electron chi connectivity index (χ3n) is 1.83. The summed E-state index contributed by atoms with van der Waals surface area (Å²) in [6, 6.07) is 0. The average Bonchev–Trinajstić information content (AvgIpc) is 2.10. The van der Waals surface area contributed by atoms with E-state index in [1.165, 1.54) is 18.9 Å². The number of carbonyl (C=O) groups is 2. The lowest BCUT2D eigenvalue weighted by Crippen LogP contribution is -2.24. The van der Waals surface area contributed by atoms with Gasteiger partial charge in [-0.05, 0) is 6.92 Å². The van der Waals surface area contributed by atoms with Crippen LogP contribution >= 0.6 is 11.8 Å². The summed E-state index contributed by atoms with van der Waals surface area (Å²) < 4.78 is 4.56. The van der Waals surface area contributed by atoms with Crippen LogP contribution in [0.1, 0.15) is 27.7 Å². The zero-order chi connectivity index (χ0) is 11.4. The van der Waals surface area contributed by atoms with E-state index >= 15 is 0 Å². The molecular weight excluding hydrogens is 200 g/mol. The fourth-order valence-corrected chi connectivity index (χ4v) is 1.72. The standard InChI is InChI=1S/C10H18O3S/c1-7(9(12)13-5)14-6-8(11)10(2,3)4/h7H,6H2,1-5H3/t7-/m0/s1. The third kappa shape index (κ3) is 4.65. The molecule has 0 heterocycles. The lowest BCUT2D eigenvalue weighted by Gasteiger charge is -2.17. The zero-order valence-corrected chi connectivity index (χ0v) is 10.2. The second kappa shape index (κ2) is 5.39. The SMILES string of the molecule is COC(=O)[C@H](C)SCC(=O)C(C)(C)C. The molecule has 0 saturated carbocycles. The largest absolute Gasteiger partial charge is 0.468 e. The molecule has 0 N–H and O–H groups in total. The number of hydrogen-bond donors (Lipinski definition) is 0. The number of ether oxygens (including phenoxy) is 1. The first-order chi connectivity index (χ1) is 6.29. The molecule has 0 fully saturated rings. The highest BCUT2D eigenvalue weighted by Gasteiger charge is 2.23. The van der Waals surface area contributed by atoms with Crippen molar-refractivity contribution in [2.45, 2.75) is 32.9 Å². The minimum atomic E-state index is -0.331. The number of thioether (sulfide) groups is 1. The van der Waals surface area contributed by atoms with E-state index in [-0.39, 0.29) is 22.4 Å². The molecule has 1 atom stereocenters. The molecule has 0 radical (unpaired) electrons. The molecule has 82 valence electrons. The van der Waals surface area contributed by atoms with E-state index in [0.29, 0.717) is 5.75 Å². The maximum atomic E-state index is 11.5. The van der Waals surface area contributed by atoms with Crippen molar-refractivity contribution in [2.75, 3.05) is 12.9 Å². The highest BCUT2D eigenvalue weighted by molar-refractivity contribution is 8.01. The normalized spacial score (nSPS) is 13.5. The molecule has 3 nitrogen and oxygen atoms in total. The van der Waals surface area contributed by atoms with Crippen molar-refractivity contribution in [3.63, 3.8) is 0 Å². The van der Waals surface area contributed by atoms with Crippen LogP contribution < -0.4 is 0 Å². The summed E-state index contributed by atoms with van der Waals surface area (Å²) in [5.41, 5.74) is -0.331. The van der Waals surface area contributed by atoms with Crippen LogP contribution in [-0.2, 0) is 14.3 Å². The molecule has 14 heavy (non-hydrogen) atoms. The Hall–Kier alpha value is -0.510. The van der Waals surface area contributed by atoms with Crippen molar-refractivity contribution in [3.05, 3.63) is 0 Å². The van der Waals surface area contributed by atoms with Gasteiger partial charge >= 0.3 is 5.97 Å². The lowest BCUT2D eigenvalue weighted by atomic mass is 9.92. The Balaban J connectivity index is 3.96. The number of carbonyl (C=O) groups excluding carboxylic acids is 2. The van der Waals surface area contributed by atoms with Gasteiger partial charge in [-0.15, -0.1) is 11.8 Å². The smallest absolute Gasteiger partial charge is 0.318 e. The van der Waals surface area contributed by atoms with Gasteiger partial charge in [-0.25, -0.2) is 0 Å². The van der Waals surface area contributed by atoms with Gasteiger partial charge in [0.1, 0.15) is 5.78 Å². The number of hydrogen-bond acceptors (Lipinski definition) is 4. The highest BCUT2D eigenvalue weighted by Crippen LogP contribution is 2.20. The Morgan fingerprint density at radius 3 is 2.21 bits per heavy atom. The van der Waals surface area contributed by atoms with E-state index in [4.69, 9.17) is 0 Å². The Morgan fingerprint density at radius 1 is 1.36 bits per heavy atom. The number of esters is 1. The van der Waals surface area contributed by atoms with E-state index in [1.807, 2.05) is 20.8 Å². The molecule has 0 aromatic carbocycles. The molecule has 0 saturated heterocycles. The van der Waals surface area contributed by atoms with Crippen LogP contribution in [0.2, 0.25) is 0 Å². The van der Waals surface area contributed by atoms with E-state index in [9.17, 15) is 9.59 Å². The fourth-order valence-electron chi connectivity index (χ4n) is 0.651. The molecule has 0 aliphatic heterocycles. The predicted molar refractivity (Wildman–Crippen MR) is 58.4 cm³/mol. The highest BCUT2D eigenvalue weighted by atomic mass is 32.2. The summed E-state index contributed by atoms with van der Waals surface area (Å²) in [5, 5.41) is -0.272. The van der Waals surface area contributed by atoms with Crippen molar-refractivity contribution in [1.82, 2.24) is 0 Å². The Labute approximate surface area is 89.6 Å². The molecule has 0 unspecified atom stereocenters. The van der Waals surface area contributed by atoms with Crippen molar-refractivity contribution in [2.24, 2.45) is 5.41 Å². The molecule has 0 rings (SSSR count). The molecule has 4 heteroatoms. The van der Waals surface area contributed by atoms with Crippen molar-refractivity contribution in [3.8, 4) is 0 Å². The topological polar surface area (TPSA) is 43.4 Å². The van der Waals surface area contributed by atoms with Crippen molar-refractivity contribution in [1.29, 1.82) is 0 Å². The van der Waals surface area contributed by atoms with Gasteiger partial charge in [0.2, 0.25) is 0 Å². The summed E-state index contributed by atoms with van der Waals surface area (Å²) >= 11 is 1.32. The quantitative estimate of drug-likeness (QED) is 0.676. The summed E-state index contributed by atoms with van der Waals surface area (Å²) in [7, 11) is 1.35. The van der Waals surface area contributed by atoms with Gasteiger partial charge < -0.3 is 4.74 Å². The second-order valence-electron chi connectivity index (χ2n) is 4.15. The minimum Gasteiger partial charge on any atom is -0.468 e. The monoisotopic (exact) mass is 218 g/mol. The van der Waals surface area contributed by atoms with Gasteiger partial charge in [0.15, 0.2) is 0 Å². The fraction of sp³-hybridized carbons (Fsp3) is 0.800. The second-order valence-corrected chi connectivity index (χ2v) is 5.48. The summed E-state index contributed by atoms with van der Waals surface area (Å²) in [5.74, 6) is 0.231. The van der Waals surface area contributed by atoms with Crippen molar-refractivity contribution >= 4 is 23.5 Å². The number of ketones is 1. The van der Waals surface area contributed by atoms with E-state index < -0.39 is 0 Å². The molecule has 0 amide bonds. The summed E-state index contributed by atoms with van der Waals surface area (Å²) in [4.78, 5) is 22.5. The predicted octanol–water partition coefficient (Wildman–Crippen LogP) is 1.90. The van der Waals surface area contributed by atoms with Crippen LogP contribution in [-0.4, -0.2) is 29.9 Å². The van der Waals surface area contributed by atoms with Gasteiger partial charge in [-0.3, -0.25) is 9.59 Å². The first-order valence-corrected chi connectivity index (χ1v) is 5.56. The van der Waals surface area contributed by atoms with Crippen LogP contribution in [0, 0.1) is 5.41 Å². The van der Waals surface area contributed by atoms with Gasteiger partial charge in [0.05, 0.1) is 18.1 Å². The van der Waals surface area contributed by atoms with Crippen molar-refractivity contribution < 1.29 is 14.3 Å². The van der Waals surface area contributed by atoms with Crippen LogP contribution in [0.25, 0.3) is 0 Å². The number of rotatable bonds is 4. The van der Waals surface area contributed by atoms with Gasteiger partial charge in [-0.1, -0.05) is 20.8 Å². The summed E-state index contributed by atoms with van der Waals surface area (Å²) in [6.45, 7) is 7.36. The molecule has 0 bridgehead atoms. The van der Waals surface area contributed by atoms with Crippen LogP contribution in [0.4, 0.5) is 0 Å². The first kappa shape index (κ1) is 13.5. The van der Waals surface area contributed by atoms with E-state index in [2.05, 4.69) is 4.74 Å². The molecule has 0 aromatic rings. The van der Waals surface area contributed by atoms with Crippen LogP contribution in [0.15, 0.2) is 0 Å². The maximum absolute atomic E-state index is 11.5. The van der Waals surface area contributed by atoms with Crippen LogP contribution in [0.3, 0.4) is 0 Å². The van der Waals surface area contributed by atoms with Crippen LogP contribution in [0.5, 0.6) is 0 Å². The Morgan fingerprint density at radius 2 is 1.86 bits per heavy atom. The number of Topliss-reactive ketones (excluding diaryl/α,β-unsaturated/α-hetero) is 1. The van der Waals surface area contributed by atoms with E-state index in [0.717, 1.165) is 0 Å². The average molecular weight is 218 g/mol. The van der Waals surface area contributed by atoms with Gasteiger partial charge in [0, 0.05) is 5.41 Å². The minimum absolute atomic E-state index is 0.151. The molecule has 0 spiro atoms. The molecule has 0 aromatic heterocycles. The Kier molecular flexibility index (Phi) is 5.19. The van der Waals surface area contributed by atoms with E-state index in [1.54, 1.807) is 6.92 Å². The lowest BCUT2D eigenvalue weighted by molar-refractivity contribution is -0.139. The number of methoxy groups -OCH3 is 1. The first-order valence-electron chi connectivity index (χ1n) is 4.51.